The van der Waals surface area contributed by atoms with Crippen molar-refractivity contribution in [2.45, 2.75) is 71.9 Å². The van der Waals surface area contributed by atoms with E-state index in [0.717, 1.165) is 72.9 Å². The highest BCUT2D eigenvalue weighted by Crippen LogP contribution is 2.33. The van der Waals surface area contributed by atoms with Gasteiger partial charge in [0.15, 0.2) is 0 Å². The highest BCUT2D eigenvalue weighted by molar-refractivity contribution is 5.99. The van der Waals surface area contributed by atoms with Crippen LogP contribution in [0.3, 0.4) is 0 Å². The van der Waals surface area contributed by atoms with E-state index in [2.05, 4.69) is 53.8 Å². The van der Waals surface area contributed by atoms with Gasteiger partial charge in [-0.25, -0.2) is 0 Å². The van der Waals surface area contributed by atoms with Crippen molar-refractivity contribution in [3.63, 3.8) is 0 Å². The number of para-hydroxylation sites is 1. The second-order valence-corrected chi connectivity index (χ2v) is 11.5. The van der Waals surface area contributed by atoms with Crippen molar-refractivity contribution in [2.24, 2.45) is 5.92 Å². The second kappa shape index (κ2) is 12.3. The molecule has 1 aliphatic carbocycles. The number of rotatable bonds is 3. The number of nitrogens with zero attached hydrogens (tertiary/aromatic N) is 4. The fourth-order valence-electron chi connectivity index (χ4n) is 6.29. The first-order valence-electron chi connectivity index (χ1n) is 14.7. The SMILES string of the molecule is Cc1cccc2c1N(C(=O)C1CCCCC1)CCCN(C(C)C)CCN(C(=O)c1ccc3ncccc3c1)C2. The Labute approximate surface area is 233 Å². The Morgan fingerprint density at radius 3 is 2.51 bits per heavy atom. The number of hydrogen-bond donors (Lipinski definition) is 0. The Morgan fingerprint density at radius 1 is 0.897 bits per heavy atom. The Bertz CT molecular complexity index is 1310. The van der Waals surface area contributed by atoms with Gasteiger partial charge < -0.3 is 9.80 Å². The molecule has 0 N–H and O–H groups in total. The maximum Gasteiger partial charge on any atom is 0.254 e. The first-order chi connectivity index (χ1) is 18.9. The smallest absolute Gasteiger partial charge is 0.254 e. The summed E-state index contributed by atoms with van der Waals surface area (Å²) in [5.74, 6) is 0.378. The summed E-state index contributed by atoms with van der Waals surface area (Å²) in [6.07, 6.45) is 8.15. The molecule has 39 heavy (non-hydrogen) atoms. The average Bonchev–Trinajstić information content (AvgIpc) is 2.99. The number of anilines is 1. The molecule has 2 amide bonds. The van der Waals surface area contributed by atoms with Gasteiger partial charge in [0.1, 0.15) is 0 Å². The van der Waals surface area contributed by atoms with E-state index in [9.17, 15) is 9.59 Å². The molecular formula is C33H42N4O2. The average molecular weight is 527 g/mol. The molecule has 6 heteroatoms. The van der Waals surface area contributed by atoms with Crippen LogP contribution in [-0.2, 0) is 11.3 Å². The molecule has 0 saturated heterocycles. The molecule has 0 unspecified atom stereocenters. The lowest BCUT2D eigenvalue weighted by atomic mass is 9.87. The molecule has 1 saturated carbocycles. The minimum Gasteiger partial charge on any atom is -0.333 e. The van der Waals surface area contributed by atoms with Crippen molar-refractivity contribution in [1.29, 1.82) is 0 Å². The van der Waals surface area contributed by atoms with Crippen LogP contribution >= 0.6 is 0 Å². The molecule has 5 rings (SSSR count). The number of fused-ring (bicyclic) bond motifs is 2. The van der Waals surface area contributed by atoms with Crippen molar-refractivity contribution >= 4 is 28.4 Å². The summed E-state index contributed by atoms with van der Waals surface area (Å²) in [6.45, 7) is 10.0. The van der Waals surface area contributed by atoms with Crippen molar-refractivity contribution in [3.8, 4) is 0 Å². The van der Waals surface area contributed by atoms with Gasteiger partial charge in [-0.05, 0) is 75.4 Å². The molecule has 1 aliphatic heterocycles. The highest BCUT2D eigenvalue weighted by atomic mass is 16.2. The first kappa shape index (κ1) is 27.3. The molecule has 1 fully saturated rings. The van der Waals surface area contributed by atoms with Crippen molar-refractivity contribution in [3.05, 3.63) is 71.4 Å². The highest BCUT2D eigenvalue weighted by Gasteiger charge is 2.30. The largest absolute Gasteiger partial charge is 0.333 e. The van der Waals surface area contributed by atoms with Gasteiger partial charge in [0.25, 0.3) is 5.91 Å². The van der Waals surface area contributed by atoms with Gasteiger partial charge in [-0.15, -0.1) is 0 Å². The molecule has 0 bridgehead atoms. The zero-order valence-corrected chi connectivity index (χ0v) is 23.7. The summed E-state index contributed by atoms with van der Waals surface area (Å²) in [6, 6.07) is 16.3. The molecule has 2 heterocycles. The van der Waals surface area contributed by atoms with Crippen molar-refractivity contribution in [1.82, 2.24) is 14.8 Å². The monoisotopic (exact) mass is 526 g/mol. The number of aromatic nitrogens is 1. The Morgan fingerprint density at radius 2 is 1.72 bits per heavy atom. The number of benzene rings is 2. The summed E-state index contributed by atoms with van der Waals surface area (Å²) < 4.78 is 0. The first-order valence-corrected chi connectivity index (χ1v) is 14.7. The van der Waals surface area contributed by atoms with Gasteiger partial charge in [-0.3, -0.25) is 19.5 Å². The summed E-state index contributed by atoms with van der Waals surface area (Å²) in [4.78, 5) is 39.0. The Hall–Kier alpha value is -3.25. The van der Waals surface area contributed by atoms with E-state index in [4.69, 9.17) is 0 Å². The van der Waals surface area contributed by atoms with Crippen LogP contribution in [0.25, 0.3) is 10.9 Å². The van der Waals surface area contributed by atoms with Crippen LogP contribution < -0.4 is 4.90 Å². The van der Waals surface area contributed by atoms with Crippen molar-refractivity contribution in [2.75, 3.05) is 31.1 Å². The predicted octanol–water partition coefficient (Wildman–Crippen LogP) is 6.21. The molecular weight excluding hydrogens is 484 g/mol. The van der Waals surface area contributed by atoms with Gasteiger partial charge in [0.2, 0.25) is 5.91 Å². The standard InChI is InChI=1S/C33H42N4O2/c1-24(2)35-18-9-19-37(33(39)26-11-5-4-6-12-26)31-25(3)10-7-13-29(31)23-36(21-20-35)32(38)28-15-16-30-27(22-28)14-8-17-34-30/h7-8,10,13-17,22,24,26H,4-6,9,11-12,18-21,23H2,1-3H3. The molecule has 206 valence electrons. The molecule has 0 atom stereocenters. The fraction of sp³-hybridized carbons (Fsp3) is 0.485. The third kappa shape index (κ3) is 6.17. The normalized spacial score (nSPS) is 18.2. The van der Waals surface area contributed by atoms with E-state index in [1.54, 1.807) is 6.20 Å². The lowest BCUT2D eigenvalue weighted by Crippen LogP contribution is -2.41. The minimum atomic E-state index is 0.0151. The molecule has 0 spiro atoms. The summed E-state index contributed by atoms with van der Waals surface area (Å²) in [7, 11) is 0. The lowest BCUT2D eigenvalue weighted by Gasteiger charge is -2.33. The molecule has 1 aromatic heterocycles. The van der Waals surface area contributed by atoms with E-state index in [-0.39, 0.29) is 17.7 Å². The van der Waals surface area contributed by atoms with E-state index >= 15 is 0 Å². The summed E-state index contributed by atoms with van der Waals surface area (Å²) in [5.41, 5.74) is 4.71. The number of hydrogen-bond acceptors (Lipinski definition) is 4. The number of aryl methyl sites for hydroxylation is 1. The molecule has 2 aromatic carbocycles. The maximum absolute atomic E-state index is 14.0. The van der Waals surface area contributed by atoms with Gasteiger partial charge in [0.05, 0.1) is 11.2 Å². The zero-order chi connectivity index (χ0) is 27.4. The number of pyridine rings is 1. The van der Waals surface area contributed by atoms with Crippen LogP contribution in [-0.4, -0.2) is 58.8 Å². The summed E-state index contributed by atoms with van der Waals surface area (Å²) >= 11 is 0. The number of carbonyl (C=O) groups excluding carboxylic acids is 2. The van der Waals surface area contributed by atoms with E-state index < -0.39 is 0 Å². The maximum atomic E-state index is 14.0. The van der Waals surface area contributed by atoms with E-state index in [0.29, 0.717) is 31.2 Å². The predicted molar refractivity (Wildman–Crippen MR) is 158 cm³/mol. The molecule has 2 aliphatic rings. The van der Waals surface area contributed by atoms with Crippen LogP contribution in [0.1, 0.15) is 73.9 Å². The Kier molecular flexibility index (Phi) is 8.61. The van der Waals surface area contributed by atoms with Crippen LogP contribution in [0.2, 0.25) is 0 Å². The van der Waals surface area contributed by atoms with Gasteiger partial charge in [-0.1, -0.05) is 43.5 Å². The number of carbonyl (C=O) groups is 2. The van der Waals surface area contributed by atoms with Crippen LogP contribution in [0.4, 0.5) is 5.69 Å². The van der Waals surface area contributed by atoms with Gasteiger partial charge in [0, 0.05) is 61.8 Å². The molecule has 3 aromatic rings. The molecule has 0 radical (unpaired) electrons. The van der Waals surface area contributed by atoms with Gasteiger partial charge in [-0.2, -0.15) is 0 Å². The van der Waals surface area contributed by atoms with Crippen LogP contribution in [0.15, 0.2) is 54.7 Å². The van der Waals surface area contributed by atoms with Crippen LogP contribution in [0.5, 0.6) is 0 Å². The van der Waals surface area contributed by atoms with E-state index in [1.165, 1.54) is 6.42 Å². The minimum absolute atomic E-state index is 0.0151. The molecule has 6 nitrogen and oxygen atoms in total. The topological polar surface area (TPSA) is 56.8 Å². The summed E-state index contributed by atoms with van der Waals surface area (Å²) in [5, 5.41) is 0.963. The number of amides is 2. The Balaban J connectivity index is 1.53. The van der Waals surface area contributed by atoms with Crippen LogP contribution in [0, 0.1) is 12.8 Å². The second-order valence-electron chi connectivity index (χ2n) is 11.5. The zero-order valence-electron chi connectivity index (χ0n) is 23.7. The van der Waals surface area contributed by atoms with Gasteiger partial charge >= 0.3 is 0 Å². The van der Waals surface area contributed by atoms with Crippen molar-refractivity contribution < 1.29 is 9.59 Å². The quantitative estimate of drug-likeness (QED) is 0.407. The third-order valence-corrected chi connectivity index (χ3v) is 8.52. The third-order valence-electron chi connectivity index (χ3n) is 8.52. The fourth-order valence-corrected chi connectivity index (χ4v) is 6.29. The lowest BCUT2D eigenvalue weighted by molar-refractivity contribution is -0.123. The van der Waals surface area contributed by atoms with E-state index in [1.807, 2.05) is 35.2 Å².